The minimum atomic E-state index is -0.404. The van der Waals surface area contributed by atoms with E-state index < -0.39 is 23.9 Å². The molecule has 0 saturated carbocycles. The summed E-state index contributed by atoms with van der Waals surface area (Å²) in [5.41, 5.74) is 1.96. The lowest BCUT2D eigenvalue weighted by atomic mass is 9.95. The Hall–Kier alpha value is -4.82. The maximum Gasteiger partial charge on any atom is 0.311 e. The Bertz CT molecular complexity index is 1810. The fourth-order valence-electron chi connectivity index (χ4n) is 10.3. The first-order valence-electron chi connectivity index (χ1n) is 22.8. The zero-order valence-electron chi connectivity index (χ0n) is 37.4. The zero-order valence-corrected chi connectivity index (χ0v) is 37.4. The summed E-state index contributed by atoms with van der Waals surface area (Å²) in [5, 5.41) is 0. The molecule has 4 fully saturated rings. The number of nitrogens with zero attached hydrogens (tertiary/aromatic N) is 2. The number of carbonyl (C=O) groups excluding carboxylic acids is 6. The van der Waals surface area contributed by atoms with Gasteiger partial charge >= 0.3 is 35.8 Å². The molecule has 4 aliphatic heterocycles. The van der Waals surface area contributed by atoms with Crippen LogP contribution < -0.4 is 18.9 Å². The molecule has 0 aromatic heterocycles. The highest BCUT2D eigenvalue weighted by Gasteiger charge is 2.53. The van der Waals surface area contributed by atoms with E-state index in [1.54, 1.807) is 52.0 Å². The molecule has 338 valence electrons. The SMILES string of the molecule is CCC(=O)Oc1ccc(C[N+]2(C)C3CCC2CC(OC(=O)CCCCC(=O)OC2CC4CCC(C2)[N+]4(C)Cc2ccc(OC(=O)CC)c(OC(=O)CC)c2)C3)cc1OC(=O)CC. The molecule has 62 heavy (non-hydrogen) atoms. The lowest BCUT2D eigenvalue weighted by molar-refractivity contribution is -0.961. The number of hydrogen-bond donors (Lipinski definition) is 0. The third-order valence-electron chi connectivity index (χ3n) is 13.9. The predicted molar refractivity (Wildman–Crippen MR) is 227 cm³/mol. The molecule has 0 spiro atoms. The second-order valence-corrected chi connectivity index (χ2v) is 18.0. The number of rotatable bonds is 19. The van der Waals surface area contributed by atoms with Crippen LogP contribution in [-0.2, 0) is 51.3 Å². The van der Waals surface area contributed by atoms with Gasteiger partial charge in [0, 0.05) is 101 Å². The number of esters is 6. The van der Waals surface area contributed by atoms with Gasteiger partial charge in [-0.15, -0.1) is 0 Å². The number of quaternary nitrogens is 2. The van der Waals surface area contributed by atoms with Gasteiger partial charge in [0.1, 0.15) is 25.3 Å². The van der Waals surface area contributed by atoms with Crippen LogP contribution >= 0.6 is 0 Å². The molecule has 6 rings (SSSR count). The first-order valence-corrected chi connectivity index (χ1v) is 22.8. The molecular formula is C48H66N2O12+2. The van der Waals surface area contributed by atoms with Crippen LogP contribution in [0.3, 0.4) is 0 Å². The number of carbonyl (C=O) groups is 6. The molecule has 0 radical (unpaired) electrons. The van der Waals surface area contributed by atoms with E-state index in [0.717, 1.165) is 71.5 Å². The van der Waals surface area contributed by atoms with Gasteiger partial charge in [-0.1, -0.05) is 27.7 Å². The van der Waals surface area contributed by atoms with Gasteiger partial charge in [0.15, 0.2) is 23.0 Å². The van der Waals surface area contributed by atoms with Gasteiger partial charge < -0.3 is 37.4 Å². The fourth-order valence-corrected chi connectivity index (χ4v) is 10.3. The Morgan fingerprint density at radius 2 is 0.774 bits per heavy atom. The summed E-state index contributed by atoms with van der Waals surface area (Å²) in [6.45, 7) is 8.26. The highest BCUT2D eigenvalue weighted by molar-refractivity contribution is 5.77. The van der Waals surface area contributed by atoms with Gasteiger partial charge in [-0.2, -0.15) is 0 Å². The largest absolute Gasteiger partial charge is 0.462 e. The van der Waals surface area contributed by atoms with E-state index in [9.17, 15) is 28.8 Å². The second-order valence-electron chi connectivity index (χ2n) is 18.0. The molecule has 14 heteroatoms. The predicted octanol–water partition coefficient (Wildman–Crippen LogP) is 7.58. The smallest absolute Gasteiger partial charge is 0.311 e. The average molecular weight is 863 g/mol. The number of fused-ring (bicyclic) bond motifs is 4. The summed E-state index contributed by atoms with van der Waals surface area (Å²) in [4.78, 5) is 74.4. The summed E-state index contributed by atoms with van der Waals surface area (Å²) < 4.78 is 35.6. The molecule has 4 unspecified atom stereocenters. The van der Waals surface area contributed by atoms with E-state index in [0.29, 0.717) is 50.1 Å². The Balaban J connectivity index is 0.930. The van der Waals surface area contributed by atoms with Crippen molar-refractivity contribution in [2.75, 3.05) is 14.1 Å². The number of benzene rings is 2. The average Bonchev–Trinajstić information content (AvgIpc) is 3.46. The van der Waals surface area contributed by atoms with Crippen molar-refractivity contribution in [2.24, 2.45) is 0 Å². The van der Waals surface area contributed by atoms with Gasteiger partial charge in [-0.05, 0) is 49.2 Å². The number of ether oxygens (including phenoxy) is 6. The van der Waals surface area contributed by atoms with Crippen LogP contribution in [0.15, 0.2) is 36.4 Å². The van der Waals surface area contributed by atoms with Crippen LogP contribution in [0.4, 0.5) is 0 Å². The summed E-state index contributed by atoms with van der Waals surface area (Å²) in [6.07, 6.45) is 9.34. The van der Waals surface area contributed by atoms with Crippen molar-refractivity contribution in [1.82, 2.24) is 0 Å². The molecule has 0 N–H and O–H groups in total. The topological polar surface area (TPSA) is 158 Å². The van der Waals surface area contributed by atoms with Crippen molar-refractivity contribution >= 4 is 35.8 Å². The lowest BCUT2D eigenvalue weighted by Gasteiger charge is -2.47. The molecule has 14 nitrogen and oxygen atoms in total. The highest BCUT2D eigenvalue weighted by atomic mass is 16.6. The van der Waals surface area contributed by atoms with Crippen molar-refractivity contribution in [3.63, 3.8) is 0 Å². The third kappa shape index (κ3) is 11.2. The van der Waals surface area contributed by atoms with Gasteiger partial charge in [0.25, 0.3) is 0 Å². The van der Waals surface area contributed by atoms with Crippen molar-refractivity contribution in [2.45, 2.75) is 180 Å². The van der Waals surface area contributed by atoms with Crippen LogP contribution in [0.2, 0.25) is 0 Å². The van der Waals surface area contributed by atoms with E-state index in [4.69, 9.17) is 28.4 Å². The third-order valence-corrected chi connectivity index (χ3v) is 13.9. The molecular weight excluding hydrogens is 797 g/mol. The van der Waals surface area contributed by atoms with Crippen molar-refractivity contribution in [3.05, 3.63) is 47.5 Å². The fraction of sp³-hybridized carbons (Fsp3) is 0.625. The number of unbranched alkanes of at least 4 members (excludes halogenated alkanes) is 1. The molecule has 0 amide bonds. The first kappa shape index (κ1) is 46.7. The van der Waals surface area contributed by atoms with Gasteiger partial charge in [0.05, 0.1) is 38.3 Å². The van der Waals surface area contributed by atoms with Crippen LogP contribution in [0.25, 0.3) is 0 Å². The minimum absolute atomic E-state index is 0.149. The van der Waals surface area contributed by atoms with Crippen molar-refractivity contribution < 1.29 is 66.2 Å². The van der Waals surface area contributed by atoms with E-state index in [2.05, 4.69) is 14.1 Å². The van der Waals surface area contributed by atoms with E-state index in [1.807, 2.05) is 12.1 Å². The molecule has 2 aromatic rings. The Morgan fingerprint density at radius 1 is 0.468 bits per heavy atom. The standard InChI is InChI=1S/C48H66N2O12/c1-7-43(51)59-39-21-15-31(23-41(39)61-45(53)9-3)29-49(5)33-17-18-34(49)26-37(25-33)57-47(55)13-11-12-14-48(56)58-38-27-35-19-20-36(28-38)50(35,6)30-32-16-22-40(60-44(52)8-2)42(24-32)62-46(54)10-4/h15-16,21-24,33-38H,7-14,17-20,25-30H2,1-6H3/q+2. The monoisotopic (exact) mass is 862 g/mol. The van der Waals surface area contributed by atoms with Gasteiger partial charge in [0.2, 0.25) is 0 Å². The summed E-state index contributed by atoms with van der Waals surface area (Å²) >= 11 is 0. The van der Waals surface area contributed by atoms with E-state index in [-0.39, 0.29) is 85.7 Å². The maximum absolute atomic E-state index is 13.0. The molecule has 4 heterocycles. The molecule has 4 saturated heterocycles. The Labute approximate surface area is 365 Å². The second kappa shape index (κ2) is 20.6. The first-order chi connectivity index (χ1) is 29.7. The summed E-state index contributed by atoms with van der Waals surface area (Å²) in [7, 11) is 4.50. The van der Waals surface area contributed by atoms with Crippen LogP contribution in [0.1, 0.15) is 142 Å². The Kier molecular flexibility index (Phi) is 15.5. The highest BCUT2D eigenvalue weighted by Crippen LogP contribution is 2.46. The van der Waals surface area contributed by atoms with Crippen LogP contribution in [-0.4, -0.2) is 95.3 Å². The number of hydrogen-bond acceptors (Lipinski definition) is 12. The van der Waals surface area contributed by atoms with Crippen LogP contribution in [0, 0.1) is 0 Å². The van der Waals surface area contributed by atoms with E-state index >= 15 is 0 Å². The van der Waals surface area contributed by atoms with Crippen LogP contribution in [0.5, 0.6) is 23.0 Å². The maximum atomic E-state index is 13.0. The molecule has 2 aromatic carbocycles. The lowest BCUT2D eigenvalue weighted by Crippen LogP contribution is -2.58. The molecule has 4 bridgehead atoms. The van der Waals surface area contributed by atoms with Crippen molar-refractivity contribution in [3.8, 4) is 23.0 Å². The number of piperidine rings is 2. The molecule has 4 atom stereocenters. The molecule has 0 aliphatic carbocycles. The quantitative estimate of drug-likeness (QED) is 0.0591. The van der Waals surface area contributed by atoms with Gasteiger partial charge in [-0.3, -0.25) is 28.8 Å². The zero-order chi connectivity index (χ0) is 44.6. The van der Waals surface area contributed by atoms with Gasteiger partial charge in [-0.25, -0.2) is 0 Å². The summed E-state index contributed by atoms with van der Waals surface area (Å²) in [6, 6.07) is 12.1. The van der Waals surface area contributed by atoms with E-state index in [1.165, 1.54) is 0 Å². The summed E-state index contributed by atoms with van der Waals surface area (Å²) in [5.74, 6) is -1.11. The normalized spacial score (nSPS) is 27.2. The molecule has 4 aliphatic rings. The Morgan fingerprint density at radius 3 is 1.08 bits per heavy atom. The minimum Gasteiger partial charge on any atom is -0.462 e. The van der Waals surface area contributed by atoms with Crippen molar-refractivity contribution in [1.29, 1.82) is 0 Å².